The van der Waals surface area contributed by atoms with E-state index in [0.29, 0.717) is 6.61 Å². The van der Waals surface area contributed by atoms with Gasteiger partial charge >= 0.3 is 0 Å². The molecule has 0 radical (unpaired) electrons. The number of aliphatic hydroxyl groups is 3. The van der Waals surface area contributed by atoms with Crippen molar-refractivity contribution in [2.75, 3.05) is 19.8 Å². The lowest BCUT2D eigenvalue weighted by Gasteiger charge is -2.24. The van der Waals surface area contributed by atoms with Gasteiger partial charge in [0.05, 0.1) is 13.2 Å². The highest BCUT2D eigenvalue weighted by Gasteiger charge is 2.40. The molecule has 4 atom stereocenters. The van der Waals surface area contributed by atoms with Crippen molar-refractivity contribution in [2.45, 2.75) is 108 Å². The molecule has 0 bridgehead atoms. The van der Waals surface area contributed by atoms with Gasteiger partial charge in [-0.25, -0.2) is 0 Å². The van der Waals surface area contributed by atoms with E-state index in [1.54, 1.807) is 0 Å². The van der Waals surface area contributed by atoms with Crippen molar-refractivity contribution in [3.63, 3.8) is 0 Å². The topological polar surface area (TPSA) is 79.2 Å². The molecule has 1 heterocycles. The molecular weight excluding hydrogens is 344 g/mol. The predicted octanol–water partition coefficient (Wildman–Crippen LogP) is 3.74. The number of aliphatic hydroxyl groups excluding tert-OH is 3. The maximum absolute atomic E-state index is 9.81. The summed E-state index contributed by atoms with van der Waals surface area (Å²) in [5.41, 5.74) is 0. The van der Waals surface area contributed by atoms with Gasteiger partial charge in [-0.2, -0.15) is 0 Å². The molecule has 5 nitrogen and oxygen atoms in total. The van der Waals surface area contributed by atoms with Gasteiger partial charge in [-0.05, 0) is 25.7 Å². The number of rotatable bonds is 17. The predicted molar refractivity (Wildman–Crippen MR) is 109 cm³/mol. The SMILES string of the molecule is CCCCCCCCCCC/C=C/CCCO[C@@H](CO)[C@H]1OC[C@@H](O)[C@H]1O. The Labute approximate surface area is 165 Å². The lowest BCUT2D eigenvalue weighted by molar-refractivity contribution is -0.101. The molecule has 1 fully saturated rings. The van der Waals surface area contributed by atoms with Gasteiger partial charge in [0.2, 0.25) is 0 Å². The van der Waals surface area contributed by atoms with Crippen LogP contribution in [0, 0.1) is 0 Å². The van der Waals surface area contributed by atoms with E-state index in [-0.39, 0.29) is 13.2 Å². The van der Waals surface area contributed by atoms with E-state index in [1.807, 2.05) is 0 Å². The minimum absolute atomic E-state index is 0.0906. The highest BCUT2D eigenvalue weighted by Crippen LogP contribution is 2.19. The normalized spacial score (nSPS) is 24.1. The lowest BCUT2D eigenvalue weighted by atomic mass is 10.1. The minimum Gasteiger partial charge on any atom is -0.394 e. The zero-order chi connectivity index (χ0) is 19.7. The molecule has 0 spiro atoms. The summed E-state index contributed by atoms with van der Waals surface area (Å²) < 4.78 is 10.9. The third-order valence-electron chi connectivity index (χ3n) is 5.22. The van der Waals surface area contributed by atoms with Crippen LogP contribution in [-0.2, 0) is 9.47 Å². The number of hydrogen-bond donors (Lipinski definition) is 3. The summed E-state index contributed by atoms with van der Waals surface area (Å²) in [6.45, 7) is 2.64. The summed E-state index contributed by atoms with van der Waals surface area (Å²) in [4.78, 5) is 0. The molecule has 0 saturated carbocycles. The van der Waals surface area contributed by atoms with Crippen LogP contribution in [0.1, 0.15) is 84.0 Å². The highest BCUT2D eigenvalue weighted by atomic mass is 16.6. The molecule has 1 rings (SSSR count). The summed E-state index contributed by atoms with van der Waals surface area (Å²) in [5.74, 6) is 0. The van der Waals surface area contributed by atoms with Gasteiger partial charge in [-0.15, -0.1) is 0 Å². The van der Waals surface area contributed by atoms with E-state index in [2.05, 4.69) is 19.1 Å². The van der Waals surface area contributed by atoms with E-state index in [4.69, 9.17) is 9.47 Å². The first-order chi connectivity index (χ1) is 13.2. The molecule has 0 aliphatic carbocycles. The van der Waals surface area contributed by atoms with Crippen LogP contribution in [0.3, 0.4) is 0 Å². The molecule has 0 unspecified atom stereocenters. The van der Waals surface area contributed by atoms with Gasteiger partial charge in [0.1, 0.15) is 24.4 Å². The molecule has 27 heavy (non-hydrogen) atoms. The van der Waals surface area contributed by atoms with Crippen molar-refractivity contribution >= 4 is 0 Å². The molecule has 0 amide bonds. The highest BCUT2D eigenvalue weighted by molar-refractivity contribution is 4.88. The van der Waals surface area contributed by atoms with Crippen molar-refractivity contribution in [1.29, 1.82) is 0 Å². The van der Waals surface area contributed by atoms with Crippen molar-refractivity contribution < 1.29 is 24.8 Å². The Balaban J connectivity index is 1.91. The molecule has 160 valence electrons. The molecule has 0 aromatic carbocycles. The van der Waals surface area contributed by atoms with Crippen LogP contribution in [0.25, 0.3) is 0 Å². The Morgan fingerprint density at radius 1 is 0.926 bits per heavy atom. The van der Waals surface area contributed by atoms with Gasteiger partial charge in [0.15, 0.2) is 0 Å². The second kappa shape index (κ2) is 16.5. The lowest BCUT2D eigenvalue weighted by Crippen LogP contribution is -2.42. The van der Waals surface area contributed by atoms with Gasteiger partial charge in [-0.1, -0.05) is 70.4 Å². The van der Waals surface area contributed by atoms with Crippen molar-refractivity contribution in [2.24, 2.45) is 0 Å². The average molecular weight is 387 g/mol. The smallest absolute Gasteiger partial charge is 0.114 e. The van der Waals surface area contributed by atoms with Gasteiger partial charge in [0, 0.05) is 6.61 Å². The van der Waals surface area contributed by atoms with Crippen LogP contribution in [0.15, 0.2) is 12.2 Å². The Morgan fingerprint density at radius 3 is 2.07 bits per heavy atom. The molecule has 0 aromatic rings. The quantitative estimate of drug-likeness (QED) is 0.262. The summed E-state index contributed by atoms with van der Waals surface area (Å²) in [7, 11) is 0. The fraction of sp³-hybridized carbons (Fsp3) is 0.909. The maximum atomic E-state index is 9.81. The molecule has 1 aliphatic rings. The third kappa shape index (κ3) is 11.2. The van der Waals surface area contributed by atoms with Crippen molar-refractivity contribution in [3.05, 3.63) is 12.2 Å². The van der Waals surface area contributed by atoms with E-state index >= 15 is 0 Å². The molecular formula is C22H42O5. The first-order valence-corrected chi connectivity index (χ1v) is 11.1. The van der Waals surface area contributed by atoms with E-state index < -0.39 is 24.4 Å². The average Bonchev–Trinajstić information content (AvgIpc) is 3.00. The molecule has 5 heteroatoms. The van der Waals surface area contributed by atoms with Crippen molar-refractivity contribution in [1.82, 2.24) is 0 Å². The Morgan fingerprint density at radius 2 is 1.52 bits per heavy atom. The van der Waals surface area contributed by atoms with E-state index in [9.17, 15) is 15.3 Å². The van der Waals surface area contributed by atoms with E-state index in [0.717, 1.165) is 19.3 Å². The fourth-order valence-electron chi connectivity index (χ4n) is 3.45. The van der Waals surface area contributed by atoms with Crippen LogP contribution < -0.4 is 0 Å². The third-order valence-corrected chi connectivity index (χ3v) is 5.22. The van der Waals surface area contributed by atoms with Crippen molar-refractivity contribution in [3.8, 4) is 0 Å². The standard InChI is InChI=1S/C22H42O5/c1-2-3-4-5-6-7-8-9-10-11-12-13-14-15-16-26-20(17-23)22-21(25)19(24)18-27-22/h12-13,19-25H,2-11,14-18H2,1H3/b13-12+/t19-,20+,21-,22-/m1/s1. The van der Waals surface area contributed by atoms with Crippen LogP contribution in [0.4, 0.5) is 0 Å². The zero-order valence-corrected chi connectivity index (χ0v) is 17.2. The van der Waals surface area contributed by atoms with Crippen LogP contribution in [0.2, 0.25) is 0 Å². The number of allylic oxidation sites excluding steroid dienone is 2. The first-order valence-electron chi connectivity index (χ1n) is 11.1. The molecule has 3 N–H and O–H groups in total. The largest absolute Gasteiger partial charge is 0.394 e. The number of hydrogen-bond acceptors (Lipinski definition) is 5. The van der Waals surface area contributed by atoms with Crippen LogP contribution in [-0.4, -0.2) is 59.6 Å². The molecule has 0 aromatic heterocycles. The second-order valence-corrected chi connectivity index (χ2v) is 7.68. The first kappa shape index (κ1) is 24.6. The number of unbranched alkanes of at least 4 members (excludes halogenated alkanes) is 10. The van der Waals surface area contributed by atoms with E-state index in [1.165, 1.54) is 57.8 Å². The van der Waals surface area contributed by atoms with Gasteiger partial charge in [-0.3, -0.25) is 0 Å². The van der Waals surface area contributed by atoms with Crippen LogP contribution >= 0.6 is 0 Å². The summed E-state index contributed by atoms with van der Waals surface area (Å²) in [5, 5.41) is 28.7. The fourth-order valence-corrected chi connectivity index (χ4v) is 3.45. The summed E-state index contributed by atoms with van der Waals surface area (Å²) in [6.07, 6.45) is 16.6. The van der Waals surface area contributed by atoms with Crippen LogP contribution in [0.5, 0.6) is 0 Å². The Kier molecular flexibility index (Phi) is 15.0. The Bertz CT molecular complexity index is 361. The molecule has 1 saturated heterocycles. The van der Waals surface area contributed by atoms with Gasteiger partial charge in [0.25, 0.3) is 0 Å². The zero-order valence-electron chi connectivity index (χ0n) is 17.2. The summed E-state index contributed by atoms with van der Waals surface area (Å²) >= 11 is 0. The molecule has 1 aliphatic heterocycles. The number of ether oxygens (including phenoxy) is 2. The second-order valence-electron chi connectivity index (χ2n) is 7.68. The monoisotopic (exact) mass is 386 g/mol. The summed E-state index contributed by atoms with van der Waals surface area (Å²) in [6, 6.07) is 0. The van der Waals surface area contributed by atoms with Gasteiger partial charge < -0.3 is 24.8 Å². The minimum atomic E-state index is -0.988. The maximum Gasteiger partial charge on any atom is 0.114 e. The Hall–Kier alpha value is -0.460.